The minimum absolute atomic E-state index is 0.152. The van der Waals surface area contributed by atoms with Gasteiger partial charge in [-0.25, -0.2) is 4.39 Å². The summed E-state index contributed by atoms with van der Waals surface area (Å²) in [5.41, 5.74) is 1.08. The fourth-order valence-electron chi connectivity index (χ4n) is 1.58. The van der Waals surface area contributed by atoms with E-state index in [4.69, 9.17) is 5.11 Å². The first-order valence-corrected chi connectivity index (χ1v) is 4.98. The molecule has 1 aromatic carbocycles. The molecular formula is C12H16FNO. The van der Waals surface area contributed by atoms with Crippen LogP contribution in [0.3, 0.4) is 0 Å². The van der Waals surface area contributed by atoms with Crippen molar-refractivity contribution in [1.29, 1.82) is 0 Å². The number of benzene rings is 1. The molecule has 0 atom stereocenters. The first-order chi connectivity index (χ1) is 7.24. The summed E-state index contributed by atoms with van der Waals surface area (Å²) in [6, 6.07) is 4.73. The van der Waals surface area contributed by atoms with E-state index in [1.54, 1.807) is 18.2 Å². The molecule has 0 saturated carbocycles. The van der Waals surface area contributed by atoms with Gasteiger partial charge in [-0.05, 0) is 13.0 Å². The lowest BCUT2D eigenvalue weighted by atomic mass is 10.1. The summed E-state index contributed by atoms with van der Waals surface area (Å²) < 4.78 is 13.6. The highest BCUT2D eigenvalue weighted by molar-refractivity contribution is 5.55. The Hall–Kier alpha value is -1.35. The van der Waals surface area contributed by atoms with Crippen LogP contribution in [0.2, 0.25) is 0 Å². The van der Waals surface area contributed by atoms with Gasteiger partial charge in [0.25, 0.3) is 0 Å². The number of halogens is 1. The molecule has 0 aliphatic carbocycles. The smallest absolute Gasteiger partial charge is 0.146 e. The zero-order valence-electron chi connectivity index (χ0n) is 8.91. The molecule has 2 nitrogen and oxygen atoms in total. The molecule has 0 radical (unpaired) electrons. The Bertz CT molecular complexity index is 338. The molecule has 0 spiro atoms. The third kappa shape index (κ3) is 2.57. The van der Waals surface area contributed by atoms with E-state index in [0.717, 1.165) is 0 Å². The van der Waals surface area contributed by atoms with E-state index in [9.17, 15) is 4.39 Å². The predicted octanol–water partition coefficient (Wildman–Crippen LogP) is 2.33. The standard InChI is InChI=1S/C12H16FNO/c1-3-8-14(4-2)12-10(9-15)6-5-7-11(12)13/h3,5-7,15H,1,4,8-9H2,2H3. The maximum Gasteiger partial charge on any atom is 0.146 e. The van der Waals surface area contributed by atoms with Crippen LogP contribution >= 0.6 is 0 Å². The van der Waals surface area contributed by atoms with Crippen molar-refractivity contribution in [3.8, 4) is 0 Å². The molecule has 0 saturated heterocycles. The molecule has 0 amide bonds. The lowest BCUT2D eigenvalue weighted by Crippen LogP contribution is -2.25. The van der Waals surface area contributed by atoms with Gasteiger partial charge in [0.15, 0.2) is 0 Å². The number of nitrogens with zero attached hydrogens (tertiary/aromatic N) is 1. The van der Waals surface area contributed by atoms with Crippen molar-refractivity contribution in [2.75, 3.05) is 18.0 Å². The number of likely N-dealkylation sites (N-methyl/N-ethyl adjacent to an activating group) is 1. The van der Waals surface area contributed by atoms with Gasteiger partial charge in [0.05, 0.1) is 12.3 Å². The zero-order chi connectivity index (χ0) is 11.3. The molecule has 0 heterocycles. The number of para-hydroxylation sites is 1. The first-order valence-electron chi connectivity index (χ1n) is 4.98. The molecule has 0 aliphatic heterocycles. The Morgan fingerprint density at radius 3 is 2.80 bits per heavy atom. The monoisotopic (exact) mass is 209 g/mol. The topological polar surface area (TPSA) is 23.5 Å². The molecule has 3 heteroatoms. The van der Waals surface area contributed by atoms with Crippen molar-refractivity contribution in [1.82, 2.24) is 0 Å². The number of aliphatic hydroxyl groups is 1. The summed E-state index contributed by atoms with van der Waals surface area (Å²) in [5.74, 6) is -0.301. The molecule has 0 unspecified atom stereocenters. The van der Waals surface area contributed by atoms with Crippen LogP contribution in [0.25, 0.3) is 0 Å². The maximum absolute atomic E-state index is 13.6. The van der Waals surface area contributed by atoms with Gasteiger partial charge < -0.3 is 10.0 Å². The van der Waals surface area contributed by atoms with Crippen molar-refractivity contribution in [2.24, 2.45) is 0 Å². The summed E-state index contributed by atoms with van der Waals surface area (Å²) >= 11 is 0. The van der Waals surface area contributed by atoms with Gasteiger partial charge in [-0.1, -0.05) is 18.2 Å². The van der Waals surface area contributed by atoms with Crippen molar-refractivity contribution < 1.29 is 9.50 Å². The van der Waals surface area contributed by atoms with E-state index in [1.807, 2.05) is 11.8 Å². The molecule has 1 N–H and O–H groups in total. The normalized spacial score (nSPS) is 10.1. The molecule has 0 aromatic heterocycles. The second-order valence-corrected chi connectivity index (χ2v) is 3.23. The average Bonchev–Trinajstić information content (AvgIpc) is 2.26. The SMILES string of the molecule is C=CCN(CC)c1c(F)cccc1CO. The Kier molecular flexibility index (Phi) is 4.31. The molecule has 0 aliphatic rings. The second kappa shape index (κ2) is 5.51. The summed E-state index contributed by atoms with van der Waals surface area (Å²) in [4.78, 5) is 1.84. The first kappa shape index (κ1) is 11.7. The second-order valence-electron chi connectivity index (χ2n) is 3.23. The van der Waals surface area contributed by atoms with Crippen LogP contribution in [-0.2, 0) is 6.61 Å². The summed E-state index contributed by atoms with van der Waals surface area (Å²) in [6.45, 7) is 6.68. The van der Waals surface area contributed by atoms with Crippen LogP contribution in [0.5, 0.6) is 0 Å². The Balaban J connectivity index is 3.13. The quantitative estimate of drug-likeness (QED) is 0.752. The van der Waals surface area contributed by atoms with Crippen molar-refractivity contribution >= 4 is 5.69 Å². The zero-order valence-corrected chi connectivity index (χ0v) is 8.91. The third-order valence-corrected chi connectivity index (χ3v) is 2.29. The van der Waals surface area contributed by atoms with E-state index in [-0.39, 0.29) is 12.4 Å². The van der Waals surface area contributed by atoms with E-state index < -0.39 is 0 Å². The Labute approximate surface area is 89.7 Å². The number of rotatable bonds is 5. The Morgan fingerprint density at radius 2 is 2.27 bits per heavy atom. The average molecular weight is 209 g/mol. The lowest BCUT2D eigenvalue weighted by molar-refractivity contribution is 0.281. The van der Waals surface area contributed by atoms with Crippen LogP contribution in [-0.4, -0.2) is 18.2 Å². The molecule has 82 valence electrons. The van der Waals surface area contributed by atoms with Crippen LogP contribution in [0.1, 0.15) is 12.5 Å². The van der Waals surface area contributed by atoms with E-state index >= 15 is 0 Å². The number of anilines is 1. The van der Waals surface area contributed by atoms with Crippen LogP contribution in [0.4, 0.5) is 10.1 Å². The van der Waals surface area contributed by atoms with Gasteiger partial charge in [0.1, 0.15) is 5.82 Å². The maximum atomic E-state index is 13.6. The number of hydrogen-bond donors (Lipinski definition) is 1. The highest BCUT2D eigenvalue weighted by Crippen LogP contribution is 2.24. The summed E-state index contributed by atoms with van der Waals surface area (Å²) in [7, 11) is 0. The highest BCUT2D eigenvalue weighted by atomic mass is 19.1. The van der Waals surface area contributed by atoms with E-state index in [0.29, 0.717) is 24.3 Å². The molecule has 1 aromatic rings. The van der Waals surface area contributed by atoms with Gasteiger partial charge in [-0.15, -0.1) is 6.58 Å². The fourth-order valence-corrected chi connectivity index (χ4v) is 1.58. The number of aliphatic hydroxyl groups excluding tert-OH is 1. The van der Waals surface area contributed by atoms with Crippen LogP contribution < -0.4 is 4.90 Å². The Morgan fingerprint density at radius 1 is 1.53 bits per heavy atom. The van der Waals surface area contributed by atoms with Gasteiger partial charge in [-0.2, -0.15) is 0 Å². The fraction of sp³-hybridized carbons (Fsp3) is 0.333. The minimum Gasteiger partial charge on any atom is -0.392 e. The molecule has 15 heavy (non-hydrogen) atoms. The molecule has 0 bridgehead atoms. The molecule has 0 fully saturated rings. The minimum atomic E-state index is -0.301. The van der Waals surface area contributed by atoms with Crippen molar-refractivity contribution in [2.45, 2.75) is 13.5 Å². The molecular weight excluding hydrogens is 193 g/mol. The lowest BCUT2D eigenvalue weighted by Gasteiger charge is -2.24. The predicted molar refractivity (Wildman–Crippen MR) is 60.4 cm³/mol. The number of hydrogen-bond acceptors (Lipinski definition) is 2. The largest absolute Gasteiger partial charge is 0.392 e. The van der Waals surface area contributed by atoms with Gasteiger partial charge in [-0.3, -0.25) is 0 Å². The molecule has 1 rings (SSSR count). The van der Waals surface area contributed by atoms with Crippen molar-refractivity contribution in [3.63, 3.8) is 0 Å². The summed E-state index contributed by atoms with van der Waals surface area (Å²) in [6.07, 6.45) is 1.72. The van der Waals surface area contributed by atoms with Gasteiger partial charge in [0.2, 0.25) is 0 Å². The van der Waals surface area contributed by atoms with Crippen LogP contribution in [0.15, 0.2) is 30.9 Å². The van der Waals surface area contributed by atoms with Crippen molar-refractivity contribution in [3.05, 3.63) is 42.2 Å². The summed E-state index contributed by atoms with van der Waals surface area (Å²) in [5, 5.41) is 9.14. The van der Waals surface area contributed by atoms with Crippen LogP contribution in [0, 0.1) is 5.82 Å². The highest BCUT2D eigenvalue weighted by Gasteiger charge is 2.12. The van der Waals surface area contributed by atoms with E-state index in [1.165, 1.54) is 6.07 Å². The van der Waals surface area contributed by atoms with Gasteiger partial charge in [0, 0.05) is 18.7 Å². The third-order valence-electron chi connectivity index (χ3n) is 2.29. The van der Waals surface area contributed by atoms with E-state index in [2.05, 4.69) is 6.58 Å². The van der Waals surface area contributed by atoms with Gasteiger partial charge >= 0.3 is 0 Å².